The Hall–Kier alpha value is -4.41. The number of hydrogen-bond donors (Lipinski definition) is 1. The standard InChI is InChI=1S/C30H34FN7O3/c1-18-6-5-7-23(35-18)40-22-9-8-20(14-21(22)31)24-25-26(32)33-17-34-27(25)38-13-12-36(28(24)38)15-19-10-11-37(16-19)29(39)41-30(2,3)4/h5-9,14,17,19H,10-13,15-16H2,1-4H3,(H2,32,33,34)/t19-/m0/s1. The number of aryl methyl sites for hydroxylation is 1. The third kappa shape index (κ3) is 5.23. The van der Waals surface area contributed by atoms with Crippen LogP contribution in [0.4, 0.5) is 20.8 Å². The second-order valence-electron chi connectivity index (χ2n) is 11.7. The zero-order valence-corrected chi connectivity index (χ0v) is 23.7. The molecule has 10 nitrogen and oxygen atoms in total. The van der Waals surface area contributed by atoms with Gasteiger partial charge in [-0.05, 0) is 63.8 Å². The molecule has 0 bridgehead atoms. The van der Waals surface area contributed by atoms with Crippen LogP contribution >= 0.6 is 0 Å². The average Bonchev–Trinajstić information content (AvgIpc) is 3.61. The number of nitrogens with zero attached hydrogens (tertiary/aromatic N) is 6. The molecular formula is C30H34FN7O3. The van der Waals surface area contributed by atoms with E-state index in [-0.39, 0.29) is 17.8 Å². The van der Waals surface area contributed by atoms with Crippen LogP contribution in [0.15, 0.2) is 42.7 Å². The molecule has 0 saturated carbocycles. The summed E-state index contributed by atoms with van der Waals surface area (Å²) in [6, 6.07) is 10.3. The number of hydrogen-bond acceptors (Lipinski definition) is 8. The van der Waals surface area contributed by atoms with E-state index in [1.165, 1.54) is 12.4 Å². The van der Waals surface area contributed by atoms with Gasteiger partial charge in [-0.1, -0.05) is 12.1 Å². The van der Waals surface area contributed by atoms with Gasteiger partial charge in [0, 0.05) is 50.0 Å². The van der Waals surface area contributed by atoms with Crippen molar-refractivity contribution in [3.05, 3.63) is 54.2 Å². The van der Waals surface area contributed by atoms with Gasteiger partial charge in [0.15, 0.2) is 11.6 Å². The Kier molecular flexibility index (Phi) is 6.67. The number of carbonyl (C=O) groups excluding carboxylic acids is 1. The van der Waals surface area contributed by atoms with E-state index < -0.39 is 11.4 Å². The van der Waals surface area contributed by atoms with E-state index in [2.05, 4.69) is 24.4 Å². The fourth-order valence-corrected chi connectivity index (χ4v) is 5.71. The number of nitrogen functional groups attached to an aromatic ring is 1. The highest BCUT2D eigenvalue weighted by Crippen LogP contribution is 2.45. The van der Waals surface area contributed by atoms with E-state index in [0.717, 1.165) is 42.2 Å². The Morgan fingerprint density at radius 1 is 1.15 bits per heavy atom. The molecule has 0 aliphatic carbocycles. The third-order valence-electron chi connectivity index (χ3n) is 7.45. The summed E-state index contributed by atoms with van der Waals surface area (Å²) in [5, 5.41) is 0.697. The number of aromatic nitrogens is 4. The number of fused-ring (bicyclic) bond motifs is 3. The molecule has 4 aromatic rings. The highest BCUT2D eigenvalue weighted by Gasteiger charge is 2.35. The minimum absolute atomic E-state index is 0.0845. The molecule has 11 heteroatoms. The molecule has 214 valence electrons. The summed E-state index contributed by atoms with van der Waals surface area (Å²) < 4.78 is 28.9. The molecule has 1 atom stereocenters. The van der Waals surface area contributed by atoms with Gasteiger partial charge in [0.2, 0.25) is 5.88 Å². The SMILES string of the molecule is Cc1cccc(Oc2ccc(-c3c4n(c5ncnc(N)c35)CCN4C[C@@H]3CCN(C(=O)OC(C)(C)C)C3)cc2F)n1. The number of nitrogens with two attached hydrogens (primary N) is 1. The van der Waals surface area contributed by atoms with Gasteiger partial charge in [-0.3, -0.25) is 0 Å². The Balaban J connectivity index is 1.31. The number of amides is 1. The molecule has 0 spiro atoms. The number of rotatable bonds is 5. The van der Waals surface area contributed by atoms with Gasteiger partial charge in [0.05, 0.1) is 5.39 Å². The van der Waals surface area contributed by atoms with E-state index in [9.17, 15) is 4.79 Å². The van der Waals surface area contributed by atoms with Gasteiger partial charge in [-0.15, -0.1) is 0 Å². The average molecular weight is 560 g/mol. The van der Waals surface area contributed by atoms with Crippen LogP contribution in [0.1, 0.15) is 32.9 Å². The molecule has 41 heavy (non-hydrogen) atoms. The molecule has 6 rings (SSSR count). The summed E-state index contributed by atoms with van der Waals surface area (Å²) in [5.74, 6) is 1.43. The lowest BCUT2D eigenvalue weighted by Crippen LogP contribution is -2.36. The maximum Gasteiger partial charge on any atom is 0.410 e. The molecule has 1 fully saturated rings. The molecule has 0 radical (unpaired) electrons. The highest BCUT2D eigenvalue weighted by molar-refractivity contribution is 6.07. The first-order valence-corrected chi connectivity index (χ1v) is 13.8. The van der Waals surface area contributed by atoms with Crippen LogP contribution in [0, 0.1) is 18.7 Å². The van der Waals surface area contributed by atoms with Crippen molar-refractivity contribution in [2.75, 3.05) is 36.8 Å². The van der Waals surface area contributed by atoms with Gasteiger partial charge < -0.3 is 29.6 Å². The van der Waals surface area contributed by atoms with E-state index in [1.807, 2.05) is 45.9 Å². The van der Waals surface area contributed by atoms with Crippen molar-refractivity contribution in [1.29, 1.82) is 0 Å². The molecule has 2 N–H and O–H groups in total. The van der Waals surface area contributed by atoms with E-state index >= 15 is 4.39 Å². The summed E-state index contributed by atoms with van der Waals surface area (Å²) in [6.45, 7) is 11.0. The van der Waals surface area contributed by atoms with E-state index in [0.29, 0.717) is 42.3 Å². The van der Waals surface area contributed by atoms with Crippen molar-refractivity contribution in [1.82, 2.24) is 24.4 Å². The number of halogens is 1. The molecule has 1 aromatic carbocycles. The predicted molar refractivity (Wildman–Crippen MR) is 155 cm³/mol. The van der Waals surface area contributed by atoms with Crippen molar-refractivity contribution in [3.8, 4) is 22.8 Å². The van der Waals surface area contributed by atoms with Crippen LogP contribution in [-0.4, -0.2) is 62.3 Å². The van der Waals surface area contributed by atoms with Crippen LogP contribution < -0.4 is 15.4 Å². The lowest BCUT2D eigenvalue weighted by molar-refractivity contribution is 0.0288. The van der Waals surface area contributed by atoms with Gasteiger partial charge in [-0.25, -0.2) is 24.1 Å². The zero-order valence-electron chi connectivity index (χ0n) is 23.7. The third-order valence-corrected chi connectivity index (χ3v) is 7.45. The summed E-state index contributed by atoms with van der Waals surface area (Å²) in [7, 11) is 0. The van der Waals surface area contributed by atoms with E-state index in [4.69, 9.17) is 15.2 Å². The minimum atomic E-state index is -0.534. The molecule has 1 saturated heterocycles. The van der Waals surface area contributed by atoms with Crippen LogP contribution in [0.2, 0.25) is 0 Å². The smallest absolute Gasteiger partial charge is 0.410 e. The first-order chi connectivity index (χ1) is 19.6. The van der Waals surface area contributed by atoms with Gasteiger partial charge in [-0.2, -0.15) is 0 Å². The van der Waals surface area contributed by atoms with E-state index in [1.54, 1.807) is 17.0 Å². The maximum atomic E-state index is 15.5. The van der Waals surface area contributed by atoms with Crippen LogP contribution in [0.5, 0.6) is 11.6 Å². The monoisotopic (exact) mass is 559 g/mol. The summed E-state index contributed by atoms with van der Waals surface area (Å²) >= 11 is 0. The maximum absolute atomic E-state index is 15.5. The minimum Gasteiger partial charge on any atom is -0.444 e. The largest absolute Gasteiger partial charge is 0.444 e. The molecule has 2 aliphatic rings. The van der Waals surface area contributed by atoms with Gasteiger partial charge in [0.1, 0.15) is 29.2 Å². The molecule has 1 amide bonds. The fourth-order valence-electron chi connectivity index (χ4n) is 5.71. The normalized spacial score (nSPS) is 16.9. The van der Waals surface area contributed by atoms with Gasteiger partial charge in [0.25, 0.3) is 0 Å². The highest BCUT2D eigenvalue weighted by atomic mass is 19.1. The summed E-state index contributed by atoms with van der Waals surface area (Å²) in [4.78, 5) is 29.8. The number of benzene rings is 1. The predicted octanol–water partition coefficient (Wildman–Crippen LogP) is 5.39. The summed E-state index contributed by atoms with van der Waals surface area (Å²) in [6.07, 6.45) is 2.05. The van der Waals surface area contributed by atoms with Gasteiger partial charge >= 0.3 is 6.09 Å². The van der Waals surface area contributed by atoms with Crippen molar-refractivity contribution in [2.24, 2.45) is 5.92 Å². The van der Waals surface area contributed by atoms with Crippen molar-refractivity contribution >= 4 is 28.8 Å². The molecular weight excluding hydrogens is 525 g/mol. The van der Waals surface area contributed by atoms with Crippen molar-refractivity contribution in [2.45, 2.75) is 46.3 Å². The first-order valence-electron chi connectivity index (χ1n) is 13.8. The molecule has 5 heterocycles. The van der Waals surface area contributed by atoms with Crippen LogP contribution in [0.25, 0.3) is 22.2 Å². The molecule has 2 aliphatic heterocycles. The molecule has 0 unspecified atom stereocenters. The Bertz CT molecular complexity index is 1630. The van der Waals surface area contributed by atoms with Crippen LogP contribution in [0.3, 0.4) is 0 Å². The second kappa shape index (κ2) is 10.2. The lowest BCUT2D eigenvalue weighted by Gasteiger charge is -2.26. The molecule has 3 aromatic heterocycles. The quantitative estimate of drug-likeness (QED) is 0.346. The number of pyridine rings is 1. The zero-order chi connectivity index (χ0) is 28.9. The Labute approximate surface area is 237 Å². The van der Waals surface area contributed by atoms with Crippen molar-refractivity contribution in [3.63, 3.8) is 0 Å². The fraction of sp³-hybridized carbons (Fsp3) is 0.400. The number of carbonyl (C=O) groups is 1. The number of ether oxygens (including phenoxy) is 2. The lowest BCUT2D eigenvalue weighted by atomic mass is 10.0. The second-order valence-corrected chi connectivity index (χ2v) is 11.7. The number of anilines is 2. The topological polar surface area (TPSA) is 112 Å². The van der Waals surface area contributed by atoms with Crippen LogP contribution in [-0.2, 0) is 11.3 Å². The first kappa shape index (κ1) is 26.8. The van der Waals surface area contributed by atoms with Crippen molar-refractivity contribution < 1.29 is 18.7 Å². The Morgan fingerprint density at radius 2 is 1.98 bits per heavy atom. The number of likely N-dealkylation sites (tertiary alicyclic amines) is 1. The summed E-state index contributed by atoms with van der Waals surface area (Å²) in [5.41, 5.74) is 8.79. The Morgan fingerprint density at radius 3 is 2.73 bits per heavy atom.